The minimum Gasteiger partial charge on any atom is -0.348 e. The number of amides is 3. The van der Waals surface area contributed by atoms with Crippen LogP contribution >= 0.6 is 11.6 Å². The zero-order chi connectivity index (χ0) is 30.7. The Hall–Kier alpha value is -3.91. The molecule has 1 aliphatic heterocycles. The van der Waals surface area contributed by atoms with Crippen LogP contribution in [-0.4, -0.2) is 87.6 Å². The molecule has 2 aromatic heterocycles. The molecule has 4 rings (SSSR count). The summed E-state index contributed by atoms with van der Waals surface area (Å²) in [5.74, 6) is -1.19. The second-order valence-corrected chi connectivity index (χ2v) is 13.9. The van der Waals surface area contributed by atoms with E-state index in [2.05, 4.69) is 36.2 Å². The first kappa shape index (κ1) is 31.0. The fraction of sp³-hybridized carbons (Fsp3) is 0.444. The van der Waals surface area contributed by atoms with Crippen molar-refractivity contribution in [3.63, 3.8) is 0 Å². The predicted octanol–water partition coefficient (Wildman–Crippen LogP) is 1.74. The van der Waals surface area contributed by atoms with Gasteiger partial charge in [-0.1, -0.05) is 61.9 Å². The van der Waals surface area contributed by atoms with E-state index in [1.807, 2.05) is 39.0 Å². The lowest BCUT2D eigenvalue weighted by molar-refractivity contribution is -0.142. The number of aromatic amines is 1. The number of para-hydroxylation sites is 1. The summed E-state index contributed by atoms with van der Waals surface area (Å²) in [6, 6.07) is 8.09. The lowest BCUT2D eigenvalue weighted by Gasteiger charge is -2.35. The Morgan fingerprint density at radius 2 is 1.90 bits per heavy atom. The Morgan fingerprint density at radius 1 is 1.17 bits per heavy atom. The van der Waals surface area contributed by atoms with E-state index in [-0.39, 0.29) is 17.9 Å². The normalized spacial score (nSPS) is 17.6. The van der Waals surface area contributed by atoms with Gasteiger partial charge in [0.15, 0.2) is 15.7 Å². The van der Waals surface area contributed by atoms with E-state index in [9.17, 15) is 22.8 Å². The van der Waals surface area contributed by atoms with Crippen molar-refractivity contribution in [2.45, 2.75) is 58.2 Å². The van der Waals surface area contributed by atoms with Crippen molar-refractivity contribution in [3.05, 3.63) is 58.4 Å². The molecule has 3 heterocycles. The van der Waals surface area contributed by atoms with Crippen molar-refractivity contribution in [1.82, 2.24) is 41.1 Å². The van der Waals surface area contributed by atoms with E-state index in [1.165, 1.54) is 11.0 Å². The molecule has 42 heavy (non-hydrogen) atoms. The number of nitrogens with zero attached hydrogens (tertiary/aromatic N) is 5. The number of tetrazole rings is 1. The number of carbonyl (C=O) groups excluding carboxylic acids is 3. The molecule has 0 aliphatic carbocycles. The molecule has 15 heteroatoms. The molecule has 13 nitrogen and oxygen atoms in total. The first-order chi connectivity index (χ1) is 19.7. The maximum absolute atomic E-state index is 13.9. The quantitative estimate of drug-likeness (QED) is 0.323. The summed E-state index contributed by atoms with van der Waals surface area (Å²) in [6.45, 7) is 5.79. The highest BCUT2D eigenvalue weighted by molar-refractivity contribution is 7.96. The molecule has 3 aromatic rings. The second kappa shape index (κ2) is 12.5. The van der Waals surface area contributed by atoms with Gasteiger partial charge in [-0.25, -0.2) is 13.4 Å². The number of fused-ring (bicyclic) bond motifs is 1. The Bertz CT molecular complexity index is 1600. The molecule has 3 N–H and O–H groups in total. The molecule has 1 saturated heterocycles. The number of carbonyl (C=O) groups is 3. The monoisotopic (exact) mass is 616 g/mol. The van der Waals surface area contributed by atoms with Crippen molar-refractivity contribution in [2.75, 3.05) is 12.8 Å². The van der Waals surface area contributed by atoms with Gasteiger partial charge < -0.3 is 15.5 Å². The third kappa shape index (κ3) is 7.48. The first-order valence-corrected chi connectivity index (χ1v) is 15.6. The predicted molar refractivity (Wildman–Crippen MR) is 156 cm³/mol. The van der Waals surface area contributed by atoms with Gasteiger partial charge in [-0.3, -0.25) is 14.4 Å². The summed E-state index contributed by atoms with van der Waals surface area (Å²) in [5.41, 5.74) is 0.130. The Balaban J connectivity index is 1.53. The number of hydrogen-bond donors (Lipinski definition) is 3. The molecule has 3 atom stereocenters. The zero-order valence-electron chi connectivity index (χ0n) is 23.7. The van der Waals surface area contributed by atoms with E-state index in [1.54, 1.807) is 18.2 Å². The Morgan fingerprint density at radius 3 is 2.57 bits per heavy atom. The summed E-state index contributed by atoms with van der Waals surface area (Å²) in [5, 5.41) is 20.0. The Kier molecular flexibility index (Phi) is 9.26. The van der Waals surface area contributed by atoms with Crippen LogP contribution in [0.4, 0.5) is 0 Å². The third-order valence-electron chi connectivity index (χ3n) is 6.86. The van der Waals surface area contributed by atoms with Crippen molar-refractivity contribution < 1.29 is 22.8 Å². The van der Waals surface area contributed by atoms with Gasteiger partial charge >= 0.3 is 0 Å². The van der Waals surface area contributed by atoms with Crippen molar-refractivity contribution in [3.8, 4) is 0 Å². The first-order valence-electron chi connectivity index (χ1n) is 13.3. The summed E-state index contributed by atoms with van der Waals surface area (Å²) >= 11 is 5.98. The van der Waals surface area contributed by atoms with Gasteiger partial charge in [0.2, 0.25) is 11.8 Å². The van der Waals surface area contributed by atoms with Gasteiger partial charge in [-0.15, -0.1) is 10.2 Å². The minimum atomic E-state index is -3.73. The second-order valence-electron chi connectivity index (χ2n) is 11.2. The van der Waals surface area contributed by atoms with Gasteiger partial charge in [0.25, 0.3) is 5.91 Å². The molecule has 0 spiro atoms. The summed E-state index contributed by atoms with van der Waals surface area (Å²) < 4.78 is 23.4. The number of hydrogen-bond acceptors (Lipinski definition) is 9. The number of likely N-dealkylation sites (tertiary alicyclic amines) is 1. The van der Waals surface area contributed by atoms with Gasteiger partial charge in [-0.2, -0.15) is 5.21 Å². The van der Waals surface area contributed by atoms with Crippen LogP contribution in [0.5, 0.6) is 0 Å². The summed E-state index contributed by atoms with van der Waals surface area (Å²) in [7, 11) is -3.73. The van der Waals surface area contributed by atoms with Gasteiger partial charge in [0, 0.05) is 24.6 Å². The van der Waals surface area contributed by atoms with Crippen LogP contribution in [0.2, 0.25) is 0 Å². The lowest BCUT2D eigenvalue weighted by atomic mass is 9.85. The molecule has 1 aliphatic rings. The van der Waals surface area contributed by atoms with E-state index < -0.39 is 55.5 Å². The number of pyridine rings is 1. The molecule has 1 aromatic carbocycles. The molecule has 0 bridgehead atoms. The highest BCUT2D eigenvalue weighted by atomic mass is 35.5. The van der Waals surface area contributed by atoms with Crippen LogP contribution in [-0.2, 0) is 25.8 Å². The van der Waals surface area contributed by atoms with Crippen LogP contribution in [0.1, 0.15) is 49.9 Å². The fourth-order valence-electron chi connectivity index (χ4n) is 4.69. The summed E-state index contributed by atoms with van der Waals surface area (Å²) in [6.07, 6.45) is 3.10. The zero-order valence-corrected chi connectivity index (χ0v) is 25.2. The number of H-pyrrole nitrogens is 1. The molecule has 1 unspecified atom stereocenters. The van der Waals surface area contributed by atoms with E-state index in [4.69, 9.17) is 11.6 Å². The molecule has 3 amide bonds. The van der Waals surface area contributed by atoms with E-state index in [0.717, 1.165) is 11.6 Å². The lowest BCUT2D eigenvalue weighted by Crippen LogP contribution is -2.58. The summed E-state index contributed by atoms with van der Waals surface area (Å²) in [4.78, 5) is 46.5. The van der Waals surface area contributed by atoms with Crippen molar-refractivity contribution >= 4 is 50.1 Å². The molecule has 0 radical (unpaired) electrons. The third-order valence-corrected chi connectivity index (χ3v) is 8.68. The largest absolute Gasteiger partial charge is 0.348 e. The molecular formula is C27H33ClN8O5S. The van der Waals surface area contributed by atoms with Crippen LogP contribution in [0.3, 0.4) is 0 Å². The van der Waals surface area contributed by atoms with Crippen LogP contribution in [0.15, 0.2) is 46.8 Å². The van der Waals surface area contributed by atoms with Gasteiger partial charge in [0.05, 0.1) is 11.6 Å². The number of sulfone groups is 1. The number of benzene rings is 1. The number of halogens is 1. The molecule has 0 saturated carbocycles. The number of aromatic nitrogens is 5. The van der Waals surface area contributed by atoms with E-state index >= 15 is 0 Å². The average molecular weight is 617 g/mol. The Labute approximate surface area is 248 Å². The molecule has 1 fully saturated rings. The van der Waals surface area contributed by atoms with Gasteiger partial charge in [0.1, 0.15) is 22.1 Å². The van der Waals surface area contributed by atoms with E-state index in [0.29, 0.717) is 24.9 Å². The molecule has 224 valence electrons. The van der Waals surface area contributed by atoms with Crippen molar-refractivity contribution in [2.24, 2.45) is 5.41 Å². The van der Waals surface area contributed by atoms with Gasteiger partial charge in [-0.05, 0) is 36.5 Å². The van der Waals surface area contributed by atoms with Crippen molar-refractivity contribution in [1.29, 1.82) is 0 Å². The average Bonchev–Trinajstić information content (AvgIpc) is 3.62. The smallest absolute Gasteiger partial charge is 0.270 e. The molecular weight excluding hydrogens is 584 g/mol. The standard InChI is InChI=1S/C27H33ClN8O5S/c1-27(2,3)23(31-24(37)19-12-11-16-8-5-6-9-18(16)30-19)26(39)36-13-7-10-20(36)25(38)29-17(14-21(28)42(4,40)41)15-22-32-34-35-33-22/h5-6,8-9,11-12,14,17,20,23H,7,10,13,15H2,1-4H3,(H,29,38)(H,31,37)(H,32,33,34,35)/b21-14+/t17-,20-,23?/m1/s1. The number of rotatable bonds is 9. The highest BCUT2D eigenvalue weighted by Crippen LogP contribution is 2.26. The highest BCUT2D eigenvalue weighted by Gasteiger charge is 2.42. The van der Waals surface area contributed by atoms with Crippen LogP contribution in [0.25, 0.3) is 10.9 Å². The minimum absolute atomic E-state index is 0.00801. The number of nitrogens with one attached hydrogen (secondary N) is 3. The maximum Gasteiger partial charge on any atom is 0.270 e. The SMILES string of the molecule is CC(C)(C)C(NC(=O)c1ccc2ccccc2n1)C(=O)N1CCC[C@@H]1C(=O)N[C@H](/C=C(\Cl)S(C)(=O)=O)Cc1nn[nH]n1. The maximum atomic E-state index is 13.9. The fourth-order valence-corrected chi connectivity index (χ4v) is 5.26. The van der Waals surface area contributed by atoms with Crippen LogP contribution < -0.4 is 10.6 Å². The van der Waals surface area contributed by atoms with Crippen LogP contribution in [0, 0.1) is 5.41 Å². The topological polar surface area (TPSA) is 180 Å².